The molecule has 2 aromatic rings. The van der Waals surface area contributed by atoms with Crippen LogP contribution in [0.15, 0.2) is 24.3 Å². The highest BCUT2D eigenvalue weighted by atomic mass is 19.4. The van der Waals surface area contributed by atoms with Crippen LogP contribution in [0.3, 0.4) is 0 Å². The summed E-state index contributed by atoms with van der Waals surface area (Å²) in [6, 6.07) is 8.20. The number of fused-ring (bicyclic) bond motifs is 3. The Hall–Kier alpha value is -2.55. The second kappa shape index (κ2) is 8.29. The number of aromatic nitrogens is 1. The van der Waals surface area contributed by atoms with Crippen molar-refractivity contribution in [2.75, 3.05) is 13.1 Å². The van der Waals surface area contributed by atoms with Gasteiger partial charge in [-0.05, 0) is 57.4 Å². The number of piperidine rings is 1. The minimum absolute atomic E-state index is 0.0153. The van der Waals surface area contributed by atoms with Gasteiger partial charge in [0.05, 0.1) is 12.1 Å². The van der Waals surface area contributed by atoms with Gasteiger partial charge in [-0.3, -0.25) is 14.5 Å². The molecule has 34 heavy (non-hydrogen) atoms. The summed E-state index contributed by atoms with van der Waals surface area (Å²) in [5, 5.41) is 6.31. The van der Waals surface area contributed by atoms with Crippen LogP contribution in [-0.4, -0.2) is 58.2 Å². The molecule has 2 saturated heterocycles. The third-order valence-electron chi connectivity index (χ3n) is 8.16. The van der Waals surface area contributed by atoms with E-state index in [-0.39, 0.29) is 37.4 Å². The lowest BCUT2D eigenvalue weighted by molar-refractivity contribution is -0.170. The largest absolute Gasteiger partial charge is 0.411 e. The molecule has 3 fully saturated rings. The highest BCUT2D eigenvalue weighted by molar-refractivity contribution is 6.08. The monoisotopic (exact) mass is 476 g/mol. The fourth-order valence-electron chi connectivity index (χ4n) is 6.02. The maximum atomic E-state index is 13.2. The lowest BCUT2D eigenvalue weighted by Crippen LogP contribution is -2.54. The first kappa shape index (κ1) is 23.2. The second-order valence-corrected chi connectivity index (χ2v) is 10.3. The van der Waals surface area contributed by atoms with Gasteiger partial charge in [-0.25, -0.2) is 0 Å². The van der Waals surface area contributed by atoms with E-state index in [0.717, 1.165) is 42.3 Å². The van der Waals surface area contributed by atoms with Gasteiger partial charge in [0.1, 0.15) is 5.54 Å². The number of benzene rings is 1. The van der Waals surface area contributed by atoms with E-state index >= 15 is 0 Å². The van der Waals surface area contributed by atoms with E-state index in [2.05, 4.69) is 15.5 Å². The van der Waals surface area contributed by atoms with Crippen molar-refractivity contribution >= 4 is 22.7 Å². The quantitative estimate of drug-likeness (QED) is 0.669. The first-order chi connectivity index (χ1) is 16.1. The summed E-state index contributed by atoms with van der Waals surface area (Å²) in [6.07, 6.45) is -0.911. The lowest BCUT2D eigenvalue weighted by Gasteiger charge is -2.39. The highest BCUT2D eigenvalue weighted by Crippen LogP contribution is 2.49. The van der Waals surface area contributed by atoms with Crippen molar-refractivity contribution in [3.63, 3.8) is 0 Å². The van der Waals surface area contributed by atoms with Crippen molar-refractivity contribution in [2.45, 2.75) is 69.2 Å². The van der Waals surface area contributed by atoms with Crippen LogP contribution in [-0.2, 0) is 11.8 Å². The van der Waals surface area contributed by atoms with Crippen LogP contribution < -0.4 is 10.6 Å². The summed E-state index contributed by atoms with van der Waals surface area (Å²) >= 11 is 0. The number of nitrogens with zero attached hydrogens (tertiary/aromatic N) is 2. The molecule has 2 N–H and O–H groups in total. The molecule has 2 bridgehead atoms. The van der Waals surface area contributed by atoms with Gasteiger partial charge >= 0.3 is 6.18 Å². The van der Waals surface area contributed by atoms with Crippen LogP contribution in [0.25, 0.3) is 10.9 Å². The molecule has 184 valence electrons. The Labute approximate surface area is 196 Å². The Morgan fingerprint density at radius 3 is 2.38 bits per heavy atom. The molecule has 1 aromatic carbocycles. The van der Waals surface area contributed by atoms with Crippen LogP contribution in [0.4, 0.5) is 13.2 Å². The Balaban J connectivity index is 1.17. The molecule has 2 aliphatic heterocycles. The molecule has 0 spiro atoms. The van der Waals surface area contributed by atoms with Crippen molar-refractivity contribution < 1.29 is 22.8 Å². The Morgan fingerprint density at radius 1 is 1.12 bits per heavy atom. The van der Waals surface area contributed by atoms with Gasteiger partial charge in [-0.1, -0.05) is 18.2 Å². The second-order valence-electron chi connectivity index (χ2n) is 10.3. The number of rotatable bonds is 6. The van der Waals surface area contributed by atoms with Crippen LogP contribution in [0.2, 0.25) is 0 Å². The fraction of sp³-hybridized carbons (Fsp3) is 0.600. The number of carbonyl (C=O) groups is 2. The first-order valence-electron chi connectivity index (χ1n) is 12.1. The Kier molecular flexibility index (Phi) is 5.66. The number of alkyl halides is 3. The maximum Gasteiger partial charge on any atom is 0.411 e. The number of aryl methyl sites for hydroxylation is 1. The standard InChI is InChI=1S/C25H31F3N4O2/c1-15-22(19-5-3-4-6-20(19)31(15)2)23(34)29-13-16-11-17-7-8-18(12-16)32(17)14-21(33)30-24(9-10-24)25(26,27)28/h3-6,16-18H,7-14H2,1-2H3,(H,29,34)(H,30,33)/t16?,17-,18+. The van der Waals surface area contributed by atoms with E-state index in [9.17, 15) is 22.8 Å². The zero-order chi connectivity index (χ0) is 24.3. The molecule has 1 aromatic heterocycles. The molecule has 6 nitrogen and oxygen atoms in total. The Morgan fingerprint density at radius 2 is 1.76 bits per heavy atom. The number of amides is 2. The van der Waals surface area contributed by atoms with E-state index < -0.39 is 17.6 Å². The first-order valence-corrected chi connectivity index (χ1v) is 12.1. The summed E-state index contributed by atoms with van der Waals surface area (Å²) in [5.41, 5.74) is 0.639. The minimum Gasteiger partial charge on any atom is -0.352 e. The van der Waals surface area contributed by atoms with Crippen molar-refractivity contribution in [3.05, 3.63) is 35.5 Å². The average molecular weight is 477 g/mol. The smallest absolute Gasteiger partial charge is 0.352 e. The number of carbonyl (C=O) groups excluding carboxylic acids is 2. The van der Waals surface area contributed by atoms with E-state index in [1.807, 2.05) is 42.8 Å². The molecule has 1 aliphatic carbocycles. The molecule has 2 amide bonds. The molecule has 3 aliphatic rings. The van der Waals surface area contributed by atoms with Gasteiger partial charge < -0.3 is 15.2 Å². The van der Waals surface area contributed by atoms with Gasteiger partial charge in [-0.2, -0.15) is 13.2 Å². The van der Waals surface area contributed by atoms with Gasteiger partial charge in [0.15, 0.2) is 0 Å². The summed E-state index contributed by atoms with van der Waals surface area (Å²) in [6.45, 7) is 2.52. The van der Waals surface area contributed by atoms with E-state index in [0.29, 0.717) is 18.0 Å². The molecule has 1 unspecified atom stereocenters. The lowest BCUT2D eigenvalue weighted by atomic mass is 9.90. The molecular formula is C25H31F3N4O2. The Bertz CT molecular complexity index is 1110. The van der Waals surface area contributed by atoms with Crippen LogP contribution >= 0.6 is 0 Å². The van der Waals surface area contributed by atoms with Gasteiger partial charge in [-0.15, -0.1) is 0 Å². The number of para-hydroxylation sites is 1. The SMILES string of the molecule is Cc1c(C(=O)NCC2C[C@H]3CC[C@@H](C2)N3CC(=O)NC2(C(F)(F)F)CC2)c2ccccc2n1C. The summed E-state index contributed by atoms with van der Waals surface area (Å²) < 4.78 is 41.5. The van der Waals surface area contributed by atoms with Gasteiger partial charge in [0.25, 0.3) is 5.91 Å². The molecular weight excluding hydrogens is 445 g/mol. The molecule has 9 heteroatoms. The fourth-order valence-corrected chi connectivity index (χ4v) is 6.02. The summed E-state index contributed by atoms with van der Waals surface area (Å²) in [5.74, 6) is -0.323. The average Bonchev–Trinajstić information content (AvgIpc) is 3.48. The third-order valence-corrected chi connectivity index (χ3v) is 8.16. The summed E-state index contributed by atoms with van der Waals surface area (Å²) in [4.78, 5) is 27.6. The summed E-state index contributed by atoms with van der Waals surface area (Å²) in [7, 11) is 1.96. The molecule has 1 saturated carbocycles. The van der Waals surface area contributed by atoms with E-state index in [4.69, 9.17) is 0 Å². The normalized spacial score (nSPS) is 26.0. The third kappa shape index (κ3) is 3.97. The zero-order valence-electron chi connectivity index (χ0n) is 19.5. The number of hydrogen-bond donors (Lipinski definition) is 2. The predicted molar refractivity (Wildman–Crippen MR) is 122 cm³/mol. The molecule has 5 rings (SSSR count). The predicted octanol–water partition coefficient (Wildman–Crippen LogP) is 3.67. The molecule has 3 atom stereocenters. The number of hydrogen-bond acceptors (Lipinski definition) is 3. The van der Waals surface area contributed by atoms with Gasteiger partial charge in [0, 0.05) is 42.3 Å². The van der Waals surface area contributed by atoms with Crippen molar-refractivity contribution in [1.29, 1.82) is 0 Å². The maximum absolute atomic E-state index is 13.2. The number of halogens is 3. The minimum atomic E-state index is -4.39. The van der Waals surface area contributed by atoms with Crippen molar-refractivity contribution in [3.8, 4) is 0 Å². The van der Waals surface area contributed by atoms with Crippen LogP contribution in [0, 0.1) is 12.8 Å². The van der Waals surface area contributed by atoms with E-state index in [1.54, 1.807) is 0 Å². The van der Waals surface area contributed by atoms with Crippen molar-refractivity contribution in [1.82, 2.24) is 20.1 Å². The number of nitrogens with one attached hydrogen (secondary N) is 2. The van der Waals surface area contributed by atoms with Gasteiger partial charge in [0.2, 0.25) is 5.91 Å². The topological polar surface area (TPSA) is 66.4 Å². The molecule has 0 radical (unpaired) electrons. The van der Waals surface area contributed by atoms with E-state index in [1.165, 1.54) is 0 Å². The van der Waals surface area contributed by atoms with Crippen LogP contribution in [0.1, 0.15) is 54.6 Å². The van der Waals surface area contributed by atoms with Crippen molar-refractivity contribution in [2.24, 2.45) is 13.0 Å². The zero-order valence-corrected chi connectivity index (χ0v) is 19.5. The van der Waals surface area contributed by atoms with Crippen LogP contribution in [0.5, 0.6) is 0 Å². The molecule has 3 heterocycles. The highest BCUT2D eigenvalue weighted by Gasteiger charge is 2.64.